The van der Waals surface area contributed by atoms with E-state index in [-0.39, 0.29) is 5.75 Å². The number of ketones is 1. The first-order valence-electron chi connectivity index (χ1n) is 5.43. The fraction of sp³-hybridized carbons (Fsp3) is 0.0714. The third kappa shape index (κ3) is 3.13. The highest BCUT2D eigenvalue weighted by Gasteiger charge is 2.21. The van der Waals surface area contributed by atoms with Gasteiger partial charge in [-0.1, -0.05) is 18.2 Å². The Hall–Kier alpha value is -2.30. The van der Waals surface area contributed by atoms with Gasteiger partial charge in [-0.05, 0) is 24.3 Å². The van der Waals surface area contributed by atoms with Crippen molar-refractivity contribution in [3.8, 4) is 11.5 Å². The molecule has 0 heterocycles. The molecule has 0 aromatic heterocycles. The summed E-state index contributed by atoms with van der Waals surface area (Å²) >= 11 is 0. The van der Waals surface area contributed by atoms with Crippen LogP contribution in [0.3, 0.4) is 0 Å². The van der Waals surface area contributed by atoms with Gasteiger partial charge < -0.3 is 4.74 Å². The molecule has 2 rings (SSSR count). The molecule has 0 N–H and O–H groups in total. The maximum Gasteiger partial charge on any atom is 0.300 e. The van der Waals surface area contributed by atoms with Crippen LogP contribution in [-0.4, -0.2) is 12.2 Å². The molecule has 2 nitrogen and oxygen atoms in total. The Balaban J connectivity index is 2.22. The molecule has 98 valence electrons. The van der Waals surface area contributed by atoms with Crippen LogP contribution in [0.15, 0.2) is 48.5 Å². The fourth-order valence-electron chi connectivity index (χ4n) is 1.50. The summed E-state index contributed by atoms with van der Waals surface area (Å²) in [4.78, 5) is 11.0. The van der Waals surface area contributed by atoms with Gasteiger partial charge in [0, 0.05) is 6.07 Å². The maximum atomic E-state index is 13.5. The van der Waals surface area contributed by atoms with Crippen LogP contribution in [-0.2, 0) is 0 Å². The molecular formula is C14H9F3O2. The predicted octanol–water partition coefficient (Wildman–Crippen LogP) is 4.07. The number of Topliss-reactive ketones (excluding diaryl/α,β-unsaturated/α-hetero) is 1. The Morgan fingerprint density at radius 1 is 1.00 bits per heavy atom. The van der Waals surface area contributed by atoms with E-state index in [0.29, 0.717) is 5.75 Å². The van der Waals surface area contributed by atoms with E-state index in [1.165, 1.54) is 6.07 Å². The van der Waals surface area contributed by atoms with Gasteiger partial charge >= 0.3 is 6.43 Å². The topological polar surface area (TPSA) is 26.3 Å². The molecule has 0 aliphatic rings. The van der Waals surface area contributed by atoms with E-state index >= 15 is 0 Å². The van der Waals surface area contributed by atoms with Crippen molar-refractivity contribution in [2.24, 2.45) is 0 Å². The number of halogens is 3. The Kier molecular flexibility index (Phi) is 3.85. The normalized spacial score (nSPS) is 10.5. The van der Waals surface area contributed by atoms with Crippen molar-refractivity contribution in [1.82, 2.24) is 0 Å². The second-order valence-corrected chi connectivity index (χ2v) is 3.72. The molecule has 0 saturated carbocycles. The average Bonchev–Trinajstić information content (AvgIpc) is 2.39. The predicted molar refractivity (Wildman–Crippen MR) is 63.3 cm³/mol. The van der Waals surface area contributed by atoms with Crippen molar-refractivity contribution in [2.75, 3.05) is 0 Å². The molecule has 0 fully saturated rings. The summed E-state index contributed by atoms with van der Waals surface area (Å²) in [5.74, 6) is -1.95. The van der Waals surface area contributed by atoms with Gasteiger partial charge in [0.25, 0.3) is 0 Å². The van der Waals surface area contributed by atoms with Crippen molar-refractivity contribution in [3.05, 3.63) is 59.9 Å². The van der Waals surface area contributed by atoms with Crippen molar-refractivity contribution in [3.63, 3.8) is 0 Å². The van der Waals surface area contributed by atoms with Crippen LogP contribution in [0.4, 0.5) is 13.2 Å². The van der Waals surface area contributed by atoms with Crippen LogP contribution in [0.5, 0.6) is 11.5 Å². The van der Waals surface area contributed by atoms with E-state index in [2.05, 4.69) is 0 Å². The Morgan fingerprint density at radius 2 is 1.68 bits per heavy atom. The molecule has 2 aromatic rings. The van der Waals surface area contributed by atoms with Gasteiger partial charge in [0.2, 0.25) is 5.78 Å². The molecule has 0 spiro atoms. The number of hydrogen-bond donors (Lipinski definition) is 0. The zero-order valence-electron chi connectivity index (χ0n) is 9.65. The first-order valence-corrected chi connectivity index (χ1v) is 5.43. The Bertz CT molecular complexity index is 582. The summed E-state index contributed by atoms with van der Waals surface area (Å²) in [6, 6.07) is 11.8. The van der Waals surface area contributed by atoms with E-state index in [9.17, 15) is 18.0 Å². The van der Waals surface area contributed by atoms with Gasteiger partial charge in [0.15, 0.2) is 0 Å². The van der Waals surface area contributed by atoms with Crippen molar-refractivity contribution in [2.45, 2.75) is 6.43 Å². The van der Waals surface area contributed by atoms with E-state index in [0.717, 1.165) is 12.1 Å². The van der Waals surface area contributed by atoms with E-state index in [1.807, 2.05) is 0 Å². The summed E-state index contributed by atoms with van der Waals surface area (Å²) in [5.41, 5.74) is -0.643. The van der Waals surface area contributed by atoms with Gasteiger partial charge in [0.05, 0.1) is 5.56 Å². The molecule has 0 bridgehead atoms. The van der Waals surface area contributed by atoms with Crippen LogP contribution in [0, 0.1) is 5.82 Å². The van der Waals surface area contributed by atoms with Crippen molar-refractivity contribution >= 4 is 5.78 Å². The molecule has 0 aliphatic heterocycles. The van der Waals surface area contributed by atoms with E-state index < -0.39 is 23.6 Å². The van der Waals surface area contributed by atoms with Gasteiger partial charge in [-0.15, -0.1) is 0 Å². The summed E-state index contributed by atoms with van der Waals surface area (Å²) in [7, 11) is 0. The molecule has 0 aliphatic carbocycles. The highest BCUT2D eigenvalue weighted by atomic mass is 19.3. The molecule has 0 saturated heterocycles. The lowest BCUT2D eigenvalue weighted by Crippen LogP contribution is -2.12. The molecule has 0 amide bonds. The lowest BCUT2D eigenvalue weighted by atomic mass is 10.1. The van der Waals surface area contributed by atoms with Crippen LogP contribution >= 0.6 is 0 Å². The number of rotatable bonds is 4. The minimum atomic E-state index is -3.23. The monoisotopic (exact) mass is 266 g/mol. The van der Waals surface area contributed by atoms with E-state index in [4.69, 9.17) is 4.74 Å². The van der Waals surface area contributed by atoms with Gasteiger partial charge in [-0.3, -0.25) is 4.79 Å². The molecule has 5 heteroatoms. The van der Waals surface area contributed by atoms with Crippen molar-refractivity contribution in [1.29, 1.82) is 0 Å². The van der Waals surface area contributed by atoms with Gasteiger partial charge in [-0.25, -0.2) is 13.2 Å². The van der Waals surface area contributed by atoms with E-state index in [1.54, 1.807) is 30.3 Å². The number of benzene rings is 2. The molecule has 2 aromatic carbocycles. The van der Waals surface area contributed by atoms with Gasteiger partial charge in [-0.2, -0.15) is 0 Å². The fourth-order valence-corrected chi connectivity index (χ4v) is 1.50. The number of carbonyl (C=O) groups is 1. The lowest BCUT2D eigenvalue weighted by molar-refractivity contribution is 0.0674. The quantitative estimate of drug-likeness (QED) is 0.780. The SMILES string of the molecule is O=C(c1ccc(Oc2ccccc2)cc1F)C(F)F. The second-order valence-electron chi connectivity index (χ2n) is 3.72. The highest BCUT2D eigenvalue weighted by molar-refractivity contribution is 5.98. The second kappa shape index (κ2) is 5.56. The zero-order valence-corrected chi connectivity index (χ0v) is 9.65. The summed E-state index contributed by atoms with van der Waals surface area (Å²) in [6.07, 6.45) is -3.23. The van der Waals surface area contributed by atoms with Crippen LogP contribution in [0.25, 0.3) is 0 Å². The number of ether oxygens (including phenoxy) is 1. The van der Waals surface area contributed by atoms with Gasteiger partial charge in [0.1, 0.15) is 17.3 Å². The van der Waals surface area contributed by atoms with Crippen LogP contribution < -0.4 is 4.74 Å². The number of para-hydroxylation sites is 1. The molecular weight excluding hydrogens is 257 g/mol. The average molecular weight is 266 g/mol. The largest absolute Gasteiger partial charge is 0.457 e. The van der Waals surface area contributed by atoms with Crippen molar-refractivity contribution < 1.29 is 22.7 Å². The minimum absolute atomic E-state index is 0.134. The third-order valence-corrected chi connectivity index (χ3v) is 2.38. The Labute approximate surface area is 107 Å². The molecule has 0 unspecified atom stereocenters. The summed E-state index contributed by atoms with van der Waals surface area (Å²) in [6.45, 7) is 0. The molecule has 0 radical (unpaired) electrons. The highest BCUT2D eigenvalue weighted by Crippen LogP contribution is 2.24. The number of carbonyl (C=O) groups excluding carboxylic acids is 1. The smallest absolute Gasteiger partial charge is 0.300 e. The third-order valence-electron chi connectivity index (χ3n) is 2.38. The number of alkyl halides is 2. The summed E-state index contributed by atoms with van der Waals surface area (Å²) < 4.78 is 43.2. The minimum Gasteiger partial charge on any atom is -0.457 e. The van der Waals surface area contributed by atoms with Crippen LogP contribution in [0.1, 0.15) is 10.4 Å². The zero-order chi connectivity index (χ0) is 13.8. The lowest BCUT2D eigenvalue weighted by Gasteiger charge is -2.07. The first kappa shape index (κ1) is 13.1. The number of hydrogen-bond acceptors (Lipinski definition) is 2. The molecule has 0 atom stereocenters. The first-order chi connectivity index (χ1) is 9.08. The summed E-state index contributed by atoms with van der Waals surface area (Å²) in [5, 5.41) is 0. The van der Waals surface area contributed by atoms with Crippen LogP contribution in [0.2, 0.25) is 0 Å². The molecule has 19 heavy (non-hydrogen) atoms. The Morgan fingerprint density at radius 3 is 2.26 bits per heavy atom. The maximum absolute atomic E-state index is 13.5. The standard InChI is InChI=1S/C14H9F3O2/c15-12-8-10(19-9-4-2-1-3-5-9)6-7-11(12)13(18)14(16)17/h1-8,14H.